The molecule has 0 bridgehead atoms. The number of halogens is 1. The number of aromatic nitrogens is 2. The summed E-state index contributed by atoms with van der Waals surface area (Å²) >= 11 is 0. The molecule has 2 aromatic carbocycles. The topological polar surface area (TPSA) is 84.2 Å². The third-order valence-electron chi connectivity index (χ3n) is 8.40. The Kier molecular flexibility index (Phi) is 5.39. The van der Waals surface area contributed by atoms with Gasteiger partial charge in [0.1, 0.15) is 5.82 Å². The van der Waals surface area contributed by atoms with Gasteiger partial charge in [0.05, 0.1) is 34.1 Å². The molecule has 1 unspecified atom stereocenters. The lowest BCUT2D eigenvalue weighted by Gasteiger charge is -2.42. The van der Waals surface area contributed by atoms with Gasteiger partial charge < -0.3 is 5.11 Å². The summed E-state index contributed by atoms with van der Waals surface area (Å²) in [6.07, 6.45) is 8.63. The van der Waals surface area contributed by atoms with E-state index in [9.17, 15) is 17.9 Å². The van der Waals surface area contributed by atoms with Crippen LogP contribution in [0.25, 0.3) is 11.8 Å². The quantitative estimate of drug-likeness (QED) is 0.470. The van der Waals surface area contributed by atoms with Crippen LogP contribution in [0.1, 0.15) is 55.8 Å². The van der Waals surface area contributed by atoms with Crippen molar-refractivity contribution in [3.05, 3.63) is 82.9 Å². The van der Waals surface area contributed by atoms with Crippen LogP contribution >= 0.6 is 0 Å². The third-order valence-corrected chi connectivity index (χ3v) is 10.3. The molecule has 0 aliphatic heterocycles. The summed E-state index contributed by atoms with van der Waals surface area (Å²) in [5, 5.41) is 16.2. The Balaban J connectivity index is 1.24. The lowest BCUT2D eigenvalue weighted by Crippen LogP contribution is -2.45. The molecule has 2 N–H and O–H groups in total. The van der Waals surface area contributed by atoms with Crippen molar-refractivity contribution >= 4 is 21.8 Å². The minimum absolute atomic E-state index is 0.284. The van der Waals surface area contributed by atoms with Crippen LogP contribution in [0.2, 0.25) is 0 Å². The number of hydrogen-bond acceptors (Lipinski definition) is 4. The highest BCUT2D eigenvalue weighted by atomic mass is 32.2. The number of anilines is 1. The second kappa shape index (κ2) is 8.28. The smallest absolute Gasteiger partial charge is 0.235 e. The maximum atomic E-state index is 13.4. The highest BCUT2D eigenvalue weighted by Gasteiger charge is 2.54. The zero-order valence-corrected chi connectivity index (χ0v) is 21.1. The van der Waals surface area contributed by atoms with E-state index in [1.54, 1.807) is 18.2 Å². The summed E-state index contributed by atoms with van der Waals surface area (Å²) in [7, 11) is -3.35. The Morgan fingerprint density at radius 3 is 2.67 bits per heavy atom. The third kappa shape index (κ3) is 3.87. The highest BCUT2D eigenvalue weighted by Crippen LogP contribution is 2.57. The van der Waals surface area contributed by atoms with E-state index in [1.807, 2.05) is 29.1 Å². The first-order chi connectivity index (χ1) is 17.2. The van der Waals surface area contributed by atoms with Gasteiger partial charge in [0, 0.05) is 5.41 Å². The van der Waals surface area contributed by atoms with Crippen LogP contribution < -0.4 is 4.72 Å². The Labute approximate surface area is 210 Å². The monoisotopic (exact) mass is 507 g/mol. The number of hydrogen-bond donors (Lipinski definition) is 2. The van der Waals surface area contributed by atoms with Gasteiger partial charge in [-0.3, -0.25) is 4.72 Å². The van der Waals surface area contributed by atoms with E-state index in [0.29, 0.717) is 44.2 Å². The Bertz CT molecular complexity index is 1460. The molecule has 6 nitrogen and oxygen atoms in total. The first kappa shape index (κ1) is 23.4. The lowest BCUT2D eigenvalue weighted by atomic mass is 9.65. The molecule has 0 spiro atoms. The van der Waals surface area contributed by atoms with Crippen LogP contribution in [0, 0.1) is 11.2 Å². The normalized spacial score (nSPS) is 25.2. The molecule has 2 atom stereocenters. The standard InChI is InChI=1S/C28H30FN3O3S/c1-27-17-20-18-30-32(23-8-6-22(29)7-9-23)26(20)16-21(27)13-15-28(27,33)14-12-19-4-2-3-5-25(19)31-36(34,35)24-10-11-24/h2-9,16,18,24,31,33H,10-15,17H2,1H3/t27?,28-/m0/s1. The van der Waals surface area contributed by atoms with Gasteiger partial charge in [-0.05, 0) is 92.5 Å². The van der Waals surface area contributed by atoms with Crippen molar-refractivity contribution in [2.24, 2.45) is 5.41 Å². The summed E-state index contributed by atoms with van der Waals surface area (Å²) in [6, 6.07) is 13.8. The number of aryl methyl sites for hydroxylation is 1. The first-order valence-corrected chi connectivity index (χ1v) is 14.1. The SMILES string of the molecule is CC12Cc3cnn(-c4ccc(F)cc4)c3C=C1CC[C@@]2(O)CCc1ccccc1NS(=O)(=O)C1CC1. The van der Waals surface area contributed by atoms with Gasteiger partial charge in [-0.2, -0.15) is 5.10 Å². The number of para-hydroxylation sites is 1. The molecule has 1 aromatic heterocycles. The molecule has 3 aliphatic carbocycles. The van der Waals surface area contributed by atoms with Crippen molar-refractivity contribution in [3.63, 3.8) is 0 Å². The molecule has 0 amide bonds. The van der Waals surface area contributed by atoms with Crippen molar-refractivity contribution in [3.8, 4) is 5.69 Å². The van der Waals surface area contributed by atoms with E-state index in [4.69, 9.17) is 0 Å². The molecular formula is C28H30FN3O3S. The molecule has 3 aliphatic rings. The van der Waals surface area contributed by atoms with Crippen molar-refractivity contribution in [2.45, 2.75) is 62.7 Å². The molecular weight excluding hydrogens is 477 g/mol. The van der Waals surface area contributed by atoms with Crippen molar-refractivity contribution in [1.29, 1.82) is 0 Å². The number of sulfonamides is 1. The molecule has 0 radical (unpaired) electrons. The molecule has 36 heavy (non-hydrogen) atoms. The second-order valence-corrected chi connectivity index (χ2v) is 12.6. The molecule has 1 heterocycles. The lowest BCUT2D eigenvalue weighted by molar-refractivity contribution is -0.0461. The van der Waals surface area contributed by atoms with Crippen molar-refractivity contribution in [1.82, 2.24) is 9.78 Å². The van der Waals surface area contributed by atoms with Crippen LogP contribution in [0.3, 0.4) is 0 Å². The van der Waals surface area contributed by atoms with E-state index in [0.717, 1.165) is 28.9 Å². The fourth-order valence-electron chi connectivity index (χ4n) is 5.91. The number of benzene rings is 2. The van der Waals surface area contributed by atoms with Crippen LogP contribution in [0.4, 0.5) is 10.1 Å². The molecule has 2 fully saturated rings. The van der Waals surface area contributed by atoms with Crippen LogP contribution in [0.5, 0.6) is 0 Å². The van der Waals surface area contributed by atoms with Crippen molar-refractivity contribution < 1.29 is 17.9 Å². The average molecular weight is 508 g/mol. The van der Waals surface area contributed by atoms with Crippen LogP contribution in [-0.4, -0.2) is 34.2 Å². The summed E-state index contributed by atoms with van der Waals surface area (Å²) in [5.74, 6) is -0.284. The number of nitrogens with zero attached hydrogens (tertiary/aromatic N) is 2. The fraction of sp³-hybridized carbons (Fsp3) is 0.393. The molecule has 2 saturated carbocycles. The molecule has 3 aromatic rings. The summed E-state index contributed by atoms with van der Waals surface area (Å²) in [5.41, 5.74) is 4.20. The van der Waals surface area contributed by atoms with E-state index >= 15 is 0 Å². The Hall–Kier alpha value is -2.97. The zero-order valence-electron chi connectivity index (χ0n) is 20.2. The summed E-state index contributed by atoms with van der Waals surface area (Å²) in [4.78, 5) is 0. The van der Waals surface area contributed by atoms with Crippen molar-refractivity contribution in [2.75, 3.05) is 4.72 Å². The predicted octanol–water partition coefficient (Wildman–Crippen LogP) is 5.02. The summed E-state index contributed by atoms with van der Waals surface area (Å²) < 4.78 is 43.1. The maximum absolute atomic E-state index is 13.4. The zero-order chi connectivity index (χ0) is 25.1. The predicted molar refractivity (Wildman–Crippen MR) is 138 cm³/mol. The number of nitrogens with one attached hydrogen (secondary N) is 1. The average Bonchev–Trinajstić information content (AvgIpc) is 3.60. The maximum Gasteiger partial charge on any atom is 0.235 e. The van der Waals surface area contributed by atoms with Gasteiger partial charge in [-0.15, -0.1) is 0 Å². The van der Waals surface area contributed by atoms with Gasteiger partial charge >= 0.3 is 0 Å². The Morgan fingerprint density at radius 1 is 1.17 bits per heavy atom. The number of rotatable bonds is 7. The van der Waals surface area contributed by atoms with Gasteiger partial charge in [-0.1, -0.05) is 30.7 Å². The van der Waals surface area contributed by atoms with Gasteiger partial charge in [0.25, 0.3) is 0 Å². The largest absolute Gasteiger partial charge is 0.389 e. The number of fused-ring (bicyclic) bond motifs is 2. The van der Waals surface area contributed by atoms with Gasteiger partial charge in [0.15, 0.2) is 0 Å². The summed E-state index contributed by atoms with van der Waals surface area (Å²) in [6.45, 7) is 2.13. The van der Waals surface area contributed by atoms with E-state index in [-0.39, 0.29) is 11.1 Å². The number of aliphatic hydroxyl groups is 1. The fourth-order valence-corrected chi connectivity index (χ4v) is 7.34. The van der Waals surface area contributed by atoms with Crippen LogP contribution in [-0.2, 0) is 22.9 Å². The molecule has 6 rings (SSSR count). The second-order valence-electron chi connectivity index (χ2n) is 10.7. The van der Waals surface area contributed by atoms with E-state index in [1.165, 1.54) is 17.7 Å². The van der Waals surface area contributed by atoms with E-state index in [2.05, 4.69) is 22.8 Å². The molecule has 8 heteroatoms. The molecule has 188 valence electrons. The minimum Gasteiger partial charge on any atom is -0.389 e. The van der Waals surface area contributed by atoms with Gasteiger partial charge in [0.2, 0.25) is 10.0 Å². The first-order valence-electron chi connectivity index (χ1n) is 12.5. The Morgan fingerprint density at radius 2 is 1.92 bits per heavy atom. The minimum atomic E-state index is -3.35. The molecule has 0 saturated heterocycles. The van der Waals surface area contributed by atoms with Crippen LogP contribution in [0.15, 0.2) is 60.3 Å². The van der Waals surface area contributed by atoms with Gasteiger partial charge in [-0.25, -0.2) is 17.5 Å². The van der Waals surface area contributed by atoms with E-state index < -0.39 is 21.0 Å². The highest BCUT2D eigenvalue weighted by molar-refractivity contribution is 7.93.